The Labute approximate surface area is 144 Å². The van der Waals surface area contributed by atoms with Crippen LogP contribution in [0.4, 0.5) is 26.3 Å². The van der Waals surface area contributed by atoms with Gasteiger partial charge in [0.15, 0.2) is 5.65 Å². The van der Waals surface area contributed by atoms with Crippen molar-refractivity contribution in [1.82, 2.24) is 19.8 Å². The molecule has 2 aromatic heterocycles. The zero-order chi connectivity index (χ0) is 20.0. The molecule has 0 spiro atoms. The molecule has 0 aliphatic carbocycles. The molecule has 0 aliphatic heterocycles. The summed E-state index contributed by atoms with van der Waals surface area (Å²) in [5.74, 6) is -3.59. The molecule has 7 nitrogen and oxygen atoms in total. The third-order valence-corrected chi connectivity index (χ3v) is 3.24. The van der Waals surface area contributed by atoms with E-state index >= 15 is 0 Å². The van der Waals surface area contributed by atoms with Gasteiger partial charge in [0.25, 0.3) is 5.82 Å². The van der Waals surface area contributed by atoms with Crippen molar-refractivity contribution >= 4 is 11.6 Å². The molecule has 1 aromatic carbocycles. The number of alkyl halides is 6. The molecule has 0 bridgehead atoms. The van der Waals surface area contributed by atoms with Crippen LogP contribution in [0.15, 0.2) is 30.3 Å². The molecule has 0 aliphatic rings. The average molecular weight is 392 g/mol. The summed E-state index contributed by atoms with van der Waals surface area (Å²) >= 11 is 0. The number of ether oxygens (including phenoxy) is 1. The third-order valence-electron chi connectivity index (χ3n) is 3.24. The Balaban J connectivity index is 2.14. The van der Waals surface area contributed by atoms with Gasteiger partial charge in [-0.15, -0.1) is 23.4 Å². The Hall–Kier alpha value is -3.38. The maximum atomic E-state index is 13.0. The maximum absolute atomic E-state index is 13.0. The molecular weight excluding hydrogens is 386 g/mol. The summed E-state index contributed by atoms with van der Waals surface area (Å²) in [5.41, 5.74) is -1.43. The van der Waals surface area contributed by atoms with Crippen LogP contribution in [-0.4, -0.2) is 37.2 Å². The lowest BCUT2D eigenvalue weighted by Gasteiger charge is -2.11. The number of fused-ring (bicyclic) bond motifs is 1. The van der Waals surface area contributed by atoms with Gasteiger partial charge in [-0.2, -0.15) is 22.8 Å². The van der Waals surface area contributed by atoms with Crippen molar-refractivity contribution in [2.24, 2.45) is 0 Å². The molecule has 1 N–H and O–H groups in total. The highest BCUT2D eigenvalue weighted by Crippen LogP contribution is 2.31. The number of aromatic nitrogens is 4. The molecule has 0 fully saturated rings. The van der Waals surface area contributed by atoms with Gasteiger partial charge in [0.1, 0.15) is 11.4 Å². The lowest BCUT2D eigenvalue weighted by atomic mass is 10.1. The van der Waals surface area contributed by atoms with Crippen molar-refractivity contribution in [3.8, 4) is 17.0 Å². The highest BCUT2D eigenvalue weighted by molar-refractivity contribution is 5.95. The van der Waals surface area contributed by atoms with Gasteiger partial charge in [0.05, 0.1) is 5.56 Å². The predicted molar refractivity (Wildman–Crippen MR) is 74.9 cm³/mol. The van der Waals surface area contributed by atoms with Crippen LogP contribution < -0.4 is 4.74 Å². The van der Waals surface area contributed by atoms with E-state index < -0.39 is 47.0 Å². The lowest BCUT2D eigenvalue weighted by molar-refractivity contribution is -0.274. The van der Waals surface area contributed by atoms with Gasteiger partial charge < -0.3 is 9.84 Å². The first-order chi connectivity index (χ1) is 12.5. The van der Waals surface area contributed by atoms with E-state index in [4.69, 9.17) is 0 Å². The van der Waals surface area contributed by atoms with Crippen LogP contribution >= 0.6 is 0 Å². The molecule has 0 amide bonds. The van der Waals surface area contributed by atoms with E-state index in [0.717, 1.165) is 30.3 Å². The second-order valence-electron chi connectivity index (χ2n) is 5.08. The SMILES string of the molecule is O=C(O)c1cc2nnc(C(F)(F)F)n2nc1-c1ccc(OC(F)(F)F)cc1. The predicted octanol–water partition coefficient (Wildman–Crippen LogP) is 3.41. The topological polar surface area (TPSA) is 89.6 Å². The number of rotatable bonds is 3. The quantitative estimate of drug-likeness (QED) is 0.688. The van der Waals surface area contributed by atoms with E-state index in [9.17, 15) is 36.2 Å². The summed E-state index contributed by atoms with van der Waals surface area (Å²) in [6.07, 6.45) is -9.84. The number of carbonyl (C=O) groups is 1. The van der Waals surface area contributed by atoms with E-state index in [2.05, 4.69) is 20.0 Å². The van der Waals surface area contributed by atoms with E-state index in [0.29, 0.717) is 4.52 Å². The Morgan fingerprint density at radius 2 is 1.67 bits per heavy atom. The van der Waals surface area contributed by atoms with E-state index in [1.807, 2.05) is 0 Å². The fraction of sp³-hybridized carbons (Fsp3) is 0.143. The van der Waals surface area contributed by atoms with Gasteiger partial charge in [-0.3, -0.25) is 0 Å². The Morgan fingerprint density at radius 3 is 2.19 bits per heavy atom. The summed E-state index contributed by atoms with van der Waals surface area (Å²) in [4.78, 5) is 11.4. The van der Waals surface area contributed by atoms with Crippen molar-refractivity contribution in [2.75, 3.05) is 0 Å². The Morgan fingerprint density at radius 1 is 1.04 bits per heavy atom. The number of hydrogen-bond acceptors (Lipinski definition) is 5. The summed E-state index contributed by atoms with van der Waals surface area (Å²) in [7, 11) is 0. The third kappa shape index (κ3) is 3.75. The van der Waals surface area contributed by atoms with Gasteiger partial charge in [-0.1, -0.05) is 0 Å². The monoisotopic (exact) mass is 392 g/mol. The number of aromatic carboxylic acids is 1. The molecule has 0 atom stereocenters. The van der Waals surface area contributed by atoms with Gasteiger partial charge in [-0.05, 0) is 24.3 Å². The van der Waals surface area contributed by atoms with Crippen molar-refractivity contribution in [3.05, 3.63) is 41.7 Å². The minimum Gasteiger partial charge on any atom is -0.478 e. The van der Waals surface area contributed by atoms with Crippen LogP contribution in [0, 0.1) is 0 Å². The number of carboxylic acids is 1. The smallest absolute Gasteiger partial charge is 0.478 e. The van der Waals surface area contributed by atoms with Gasteiger partial charge >= 0.3 is 18.5 Å². The average Bonchev–Trinajstić information content (AvgIpc) is 2.96. The van der Waals surface area contributed by atoms with Crippen molar-refractivity contribution in [3.63, 3.8) is 0 Å². The molecule has 0 saturated carbocycles. The Bertz CT molecular complexity index is 1010. The first-order valence-corrected chi connectivity index (χ1v) is 6.89. The summed E-state index contributed by atoms with van der Waals surface area (Å²) in [6, 6.07) is 4.62. The van der Waals surface area contributed by atoms with Gasteiger partial charge in [0.2, 0.25) is 0 Å². The van der Waals surface area contributed by atoms with E-state index in [-0.39, 0.29) is 5.56 Å². The summed E-state index contributed by atoms with van der Waals surface area (Å²) < 4.78 is 79.4. The van der Waals surface area contributed by atoms with Crippen molar-refractivity contribution in [1.29, 1.82) is 0 Å². The van der Waals surface area contributed by atoms with Crippen molar-refractivity contribution < 1.29 is 41.0 Å². The van der Waals surface area contributed by atoms with Gasteiger partial charge in [0, 0.05) is 11.6 Å². The van der Waals surface area contributed by atoms with Crippen LogP contribution in [0.3, 0.4) is 0 Å². The highest BCUT2D eigenvalue weighted by Gasteiger charge is 2.38. The first kappa shape index (κ1) is 18.4. The van der Waals surface area contributed by atoms with Crippen LogP contribution in [0.25, 0.3) is 16.9 Å². The van der Waals surface area contributed by atoms with Crippen LogP contribution in [0.1, 0.15) is 16.2 Å². The normalized spacial score (nSPS) is 12.4. The zero-order valence-corrected chi connectivity index (χ0v) is 12.7. The minimum absolute atomic E-state index is 0.0503. The number of halogens is 6. The minimum atomic E-state index is -4.94. The highest BCUT2D eigenvalue weighted by atomic mass is 19.4. The zero-order valence-electron chi connectivity index (χ0n) is 12.7. The molecule has 27 heavy (non-hydrogen) atoms. The number of nitrogens with zero attached hydrogens (tertiary/aromatic N) is 4. The van der Waals surface area contributed by atoms with E-state index in [1.54, 1.807) is 0 Å². The molecule has 0 unspecified atom stereocenters. The van der Waals surface area contributed by atoms with Crippen molar-refractivity contribution in [2.45, 2.75) is 12.5 Å². The maximum Gasteiger partial charge on any atom is 0.573 e. The number of benzene rings is 1. The summed E-state index contributed by atoms with van der Waals surface area (Å²) in [5, 5.41) is 19.1. The number of carboxylic acid groups (broad SMARTS) is 1. The molecule has 142 valence electrons. The molecule has 0 radical (unpaired) electrons. The van der Waals surface area contributed by atoms with Crippen LogP contribution in [-0.2, 0) is 6.18 Å². The number of hydrogen-bond donors (Lipinski definition) is 1. The molecule has 13 heteroatoms. The molecular formula is C14H6F6N4O3. The Kier molecular flexibility index (Phi) is 4.16. The second kappa shape index (κ2) is 6.10. The summed E-state index contributed by atoms with van der Waals surface area (Å²) in [6.45, 7) is 0. The first-order valence-electron chi connectivity index (χ1n) is 6.89. The fourth-order valence-corrected chi connectivity index (χ4v) is 2.20. The van der Waals surface area contributed by atoms with Crippen LogP contribution in [0.2, 0.25) is 0 Å². The molecule has 3 aromatic rings. The second-order valence-corrected chi connectivity index (χ2v) is 5.08. The standard InChI is InChI=1S/C14H6F6N4O3/c15-13(16,17)12-22-21-9-5-8(11(25)26)10(23-24(9)12)6-1-3-7(4-2-6)27-14(18,19)20/h1-5H,(H,25,26). The molecule has 0 saturated heterocycles. The van der Waals surface area contributed by atoms with Crippen LogP contribution in [0.5, 0.6) is 5.75 Å². The van der Waals surface area contributed by atoms with Gasteiger partial charge in [-0.25, -0.2) is 4.79 Å². The lowest BCUT2D eigenvalue weighted by Crippen LogP contribution is -2.17. The largest absolute Gasteiger partial charge is 0.573 e. The molecule has 2 heterocycles. The van der Waals surface area contributed by atoms with E-state index in [1.165, 1.54) is 0 Å². The molecule has 3 rings (SSSR count). The fourth-order valence-electron chi connectivity index (χ4n) is 2.20.